The highest BCUT2D eigenvalue weighted by Gasteiger charge is 2.18. The van der Waals surface area contributed by atoms with Gasteiger partial charge in [0, 0.05) is 28.3 Å². The van der Waals surface area contributed by atoms with Crippen LogP contribution in [0.5, 0.6) is 0 Å². The second-order valence-electron chi connectivity index (χ2n) is 7.07. The third-order valence-electron chi connectivity index (χ3n) is 4.72. The lowest BCUT2D eigenvalue weighted by Gasteiger charge is -2.11. The van der Waals surface area contributed by atoms with E-state index in [1.807, 2.05) is 59.2 Å². The second-order valence-corrected chi connectivity index (χ2v) is 9.15. The van der Waals surface area contributed by atoms with Gasteiger partial charge in [-0.25, -0.2) is 4.39 Å². The highest BCUT2D eigenvalue weighted by atomic mass is 32.2. The number of nitriles is 1. The lowest BCUT2D eigenvalue weighted by Crippen LogP contribution is -2.15. The van der Waals surface area contributed by atoms with Gasteiger partial charge in [-0.05, 0) is 48.5 Å². The molecule has 1 N–H and O–H groups in total. The third kappa shape index (κ3) is 5.84. The summed E-state index contributed by atoms with van der Waals surface area (Å²) >= 11 is 2.80. The quantitative estimate of drug-likeness (QED) is 0.236. The van der Waals surface area contributed by atoms with Gasteiger partial charge in [0.15, 0.2) is 11.0 Å². The minimum absolute atomic E-state index is 0.131. The van der Waals surface area contributed by atoms with Crippen LogP contribution in [0.1, 0.15) is 6.42 Å². The molecule has 0 aliphatic heterocycles. The zero-order chi connectivity index (χ0) is 23.8. The SMILES string of the molecule is N#CCCSc1ccccc1NC(=O)CSc1nnc(-c2ccc(F)cc2)n1-c1ccccc1. The smallest absolute Gasteiger partial charge is 0.234 e. The van der Waals surface area contributed by atoms with E-state index in [-0.39, 0.29) is 17.5 Å². The van der Waals surface area contributed by atoms with E-state index in [0.29, 0.717) is 28.8 Å². The molecule has 34 heavy (non-hydrogen) atoms. The molecule has 4 aromatic rings. The Hall–Kier alpha value is -3.61. The minimum atomic E-state index is -0.327. The average Bonchev–Trinajstić information content (AvgIpc) is 3.29. The maximum Gasteiger partial charge on any atom is 0.234 e. The number of para-hydroxylation sites is 2. The van der Waals surface area contributed by atoms with Gasteiger partial charge in [0.2, 0.25) is 5.91 Å². The van der Waals surface area contributed by atoms with Gasteiger partial charge in [-0.3, -0.25) is 9.36 Å². The molecule has 0 unspecified atom stereocenters. The van der Waals surface area contributed by atoms with Crippen molar-refractivity contribution >= 4 is 35.1 Å². The first-order valence-electron chi connectivity index (χ1n) is 10.4. The van der Waals surface area contributed by atoms with Crippen LogP contribution in [0.3, 0.4) is 0 Å². The molecule has 170 valence electrons. The van der Waals surface area contributed by atoms with E-state index in [4.69, 9.17) is 5.26 Å². The molecule has 0 aliphatic rings. The van der Waals surface area contributed by atoms with Crippen molar-refractivity contribution < 1.29 is 9.18 Å². The van der Waals surface area contributed by atoms with E-state index >= 15 is 0 Å². The van der Waals surface area contributed by atoms with Crippen LogP contribution < -0.4 is 5.32 Å². The fourth-order valence-electron chi connectivity index (χ4n) is 3.18. The van der Waals surface area contributed by atoms with Crippen LogP contribution in [0.2, 0.25) is 0 Å². The number of nitrogens with zero attached hydrogens (tertiary/aromatic N) is 4. The first-order chi connectivity index (χ1) is 16.7. The van der Waals surface area contributed by atoms with Crippen molar-refractivity contribution in [2.75, 3.05) is 16.8 Å². The van der Waals surface area contributed by atoms with Crippen molar-refractivity contribution in [3.05, 3.63) is 84.7 Å². The van der Waals surface area contributed by atoms with Crippen molar-refractivity contribution in [3.63, 3.8) is 0 Å². The van der Waals surface area contributed by atoms with E-state index in [2.05, 4.69) is 21.6 Å². The van der Waals surface area contributed by atoms with E-state index in [1.165, 1.54) is 35.7 Å². The molecule has 0 fully saturated rings. The number of benzene rings is 3. The predicted octanol–water partition coefficient (Wildman–Crippen LogP) is 5.81. The summed E-state index contributed by atoms with van der Waals surface area (Å²) in [5.74, 6) is 0.847. The Kier molecular flexibility index (Phi) is 7.96. The normalized spacial score (nSPS) is 10.6. The molecule has 1 heterocycles. The molecule has 1 amide bonds. The fraction of sp³-hybridized carbons (Fsp3) is 0.120. The van der Waals surface area contributed by atoms with Crippen LogP contribution in [0, 0.1) is 17.1 Å². The largest absolute Gasteiger partial charge is 0.324 e. The lowest BCUT2D eigenvalue weighted by atomic mass is 10.2. The molecule has 0 saturated heterocycles. The van der Waals surface area contributed by atoms with Gasteiger partial charge in [-0.2, -0.15) is 5.26 Å². The Labute approximate surface area is 205 Å². The summed E-state index contributed by atoms with van der Waals surface area (Å²) in [4.78, 5) is 13.7. The maximum absolute atomic E-state index is 13.4. The van der Waals surface area contributed by atoms with E-state index in [1.54, 1.807) is 12.1 Å². The lowest BCUT2D eigenvalue weighted by molar-refractivity contribution is -0.113. The van der Waals surface area contributed by atoms with Gasteiger partial charge in [-0.1, -0.05) is 42.1 Å². The summed E-state index contributed by atoms with van der Waals surface area (Å²) in [6.45, 7) is 0. The molecular weight excluding hydrogens is 469 g/mol. The molecule has 6 nitrogen and oxygen atoms in total. The van der Waals surface area contributed by atoms with Crippen molar-refractivity contribution in [3.8, 4) is 23.1 Å². The standard InChI is InChI=1S/C25H20FN5OS2/c26-19-13-11-18(12-14-19)24-29-30-25(31(24)20-7-2-1-3-8-20)34-17-23(32)28-21-9-4-5-10-22(21)33-16-6-15-27/h1-5,7-14H,6,16-17H2,(H,28,32). The number of hydrogen-bond acceptors (Lipinski definition) is 6. The second kappa shape index (κ2) is 11.5. The van der Waals surface area contributed by atoms with Gasteiger partial charge < -0.3 is 5.32 Å². The predicted molar refractivity (Wildman–Crippen MR) is 134 cm³/mol. The Bertz CT molecular complexity index is 1300. The number of carbonyl (C=O) groups is 1. The van der Waals surface area contributed by atoms with Crippen LogP contribution in [0.4, 0.5) is 10.1 Å². The van der Waals surface area contributed by atoms with Gasteiger partial charge in [0.05, 0.1) is 17.5 Å². The number of thioether (sulfide) groups is 2. The minimum Gasteiger partial charge on any atom is -0.324 e. The number of aromatic nitrogens is 3. The maximum atomic E-state index is 13.4. The number of anilines is 1. The molecule has 9 heteroatoms. The summed E-state index contributed by atoms with van der Waals surface area (Å²) in [7, 11) is 0. The van der Waals surface area contributed by atoms with Gasteiger partial charge in [0.25, 0.3) is 0 Å². The van der Waals surface area contributed by atoms with Crippen LogP contribution in [0.15, 0.2) is 88.9 Å². The van der Waals surface area contributed by atoms with E-state index < -0.39 is 0 Å². The average molecular weight is 490 g/mol. The Balaban J connectivity index is 1.52. The number of halogens is 1. The first-order valence-corrected chi connectivity index (χ1v) is 12.4. The summed E-state index contributed by atoms with van der Waals surface area (Å²) in [5.41, 5.74) is 2.28. The number of carbonyl (C=O) groups excluding carboxylic acids is 1. The first kappa shape index (κ1) is 23.5. The summed E-state index contributed by atoms with van der Waals surface area (Å²) in [5, 5.41) is 20.9. The molecule has 0 saturated carbocycles. The summed E-state index contributed by atoms with van der Waals surface area (Å²) in [6, 6.07) is 25.3. The summed E-state index contributed by atoms with van der Waals surface area (Å²) in [6.07, 6.45) is 0.439. The molecule has 0 aliphatic carbocycles. The molecule has 0 radical (unpaired) electrons. The number of hydrogen-bond donors (Lipinski definition) is 1. The van der Waals surface area contributed by atoms with Gasteiger partial charge in [-0.15, -0.1) is 22.0 Å². The number of amides is 1. The van der Waals surface area contributed by atoms with E-state index in [0.717, 1.165) is 16.1 Å². The van der Waals surface area contributed by atoms with Crippen molar-refractivity contribution in [2.45, 2.75) is 16.5 Å². The molecular formula is C25H20FN5OS2. The molecule has 4 rings (SSSR count). The highest BCUT2D eigenvalue weighted by molar-refractivity contribution is 8.00. The summed E-state index contributed by atoms with van der Waals surface area (Å²) < 4.78 is 15.3. The van der Waals surface area contributed by atoms with Crippen molar-refractivity contribution in [1.82, 2.24) is 14.8 Å². The van der Waals surface area contributed by atoms with Crippen molar-refractivity contribution in [2.24, 2.45) is 0 Å². The van der Waals surface area contributed by atoms with Gasteiger partial charge >= 0.3 is 0 Å². The fourth-order valence-corrected chi connectivity index (χ4v) is 4.79. The Morgan fingerprint density at radius 3 is 2.47 bits per heavy atom. The topological polar surface area (TPSA) is 83.6 Å². The molecule has 3 aromatic carbocycles. The zero-order valence-electron chi connectivity index (χ0n) is 18.0. The molecule has 1 aromatic heterocycles. The third-order valence-corrected chi connectivity index (χ3v) is 6.72. The highest BCUT2D eigenvalue weighted by Crippen LogP contribution is 2.30. The van der Waals surface area contributed by atoms with Crippen LogP contribution in [-0.2, 0) is 4.79 Å². The number of rotatable bonds is 9. The monoisotopic (exact) mass is 489 g/mol. The van der Waals surface area contributed by atoms with Crippen LogP contribution >= 0.6 is 23.5 Å². The van der Waals surface area contributed by atoms with Crippen LogP contribution in [0.25, 0.3) is 17.1 Å². The van der Waals surface area contributed by atoms with Crippen LogP contribution in [-0.4, -0.2) is 32.2 Å². The Morgan fingerprint density at radius 1 is 0.971 bits per heavy atom. The van der Waals surface area contributed by atoms with E-state index in [9.17, 15) is 9.18 Å². The molecule has 0 spiro atoms. The zero-order valence-corrected chi connectivity index (χ0v) is 19.7. The molecule has 0 atom stereocenters. The van der Waals surface area contributed by atoms with Gasteiger partial charge in [0.1, 0.15) is 5.82 Å². The number of nitrogens with one attached hydrogen (secondary N) is 1. The Morgan fingerprint density at radius 2 is 1.71 bits per heavy atom. The molecule has 0 bridgehead atoms. The van der Waals surface area contributed by atoms with Crippen molar-refractivity contribution in [1.29, 1.82) is 5.26 Å².